The molecule has 0 radical (unpaired) electrons. The number of aromatic amines is 1. The molecule has 1 atom stereocenters. The molecule has 16 heavy (non-hydrogen) atoms. The number of hydrogen-bond donors (Lipinski definition) is 2. The van der Waals surface area contributed by atoms with Gasteiger partial charge >= 0.3 is 0 Å². The van der Waals surface area contributed by atoms with Crippen LogP contribution in [0.3, 0.4) is 0 Å². The molecule has 84 valence electrons. The van der Waals surface area contributed by atoms with Crippen molar-refractivity contribution in [3.63, 3.8) is 0 Å². The second-order valence-electron chi connectivity index (χ2n) is 4.14. The van der Waals surface area contributed by atoms with Gasteiger partial charge < -0.3 is 10.7 Å². The largest absolute Gasteiger partial charge is 0.341 e. The van der Waals surface area contributed by atoms with Gasteiger partial charge in [-0.15, -0.1) is 0 Å². The van der Waals surface area contributed by atoms with Crippen molar-refractivity contribution in [3.05, 3.63) is 29.6 Å². The van der Waals surface area contributed by atoms with Gasteiger partial charge in [0.2, 0.25) is 0 Å². The lowest BCUT2D eigenvalue weighted by Gasteiger charge is -2.02. The Bertz CT molecular complexity index is 500. The number of benzene rings is 1. The van der Waals surface area contributed by atoms with E-state index in [-0.39, 0.29) is 0 Å². The van der Waals surface area contributed by atoms with Gasteiger partial charge in [-0.25, -0.2) is 4.98 Å². The third kappa shape index (κ3) is 1.62. The van der Waals surface area contributed by atoms with Gasteiger partial charge in [0.05, 0.1) is 16.3 Å². The number of nitrogens with two attached hydrogens (primary N) is 1. The number of rotatable bonds is 2. The van der Waals surface area contributed by atoms with Crippen LogP contribution in [0.5, 0.6) is 0 Å². The number of aromatic nitrogens is 2. The van der Waals surface area contributed by atoms with Crippen LogP contribution in [-0.4, -0.2) is 15.7 Å². The van der Waals surface area contributed by atoms with Crippen LogP contribution in [0.25, 0.3) is 11.0 Å². The van der Waals surface area contributed by atoms with Crippen molar-refractivity contribution >= 4 is 22.8 Å². The standard InChI is InChI=1S/C12H15N3S/c13-7-8-3-1-4-9-11(8)15-12(14-9)10-5-2-6-16-10/h1,3-4,10H,2,5-7,13H2,(H,14,15). The van der Waals surface area contributed by atoms with Gasteiger partial charge in [0.25, 0.3) is 0 Å². The molecular weight excluding hydrogens is 218 g/mol. The quantitative estimate of drug-likeness (QED) is 0.838. The predicted molar refractivity (Wildman–Crippen MR) is 68.4 cm³/mol. The van der Waals surface area contributed by atoms with Crippen molar-refractivity contribution in [1.29, 1.82) is 0 Å². The Balaban J connectivity index is 2.07. The third-order valence-electron chi connectivity index (χ3n) is 3.07. The summed E-state index contributed by atoms with van der Waals surface area (Å²) >= 11 is 2.00. The minimum atomic E-state index is 0.554. The highest BCUT2D eigenvalue weighted by molar-refractivity contribution is 7.99. The molecule has 0 spiro atoms. The van der Waals surface area contributed by atoms with Gasteiger partial charge in [-0.2, -0.15) is 11.8 Å². The second kappa shape index (κ2) is 4.11. The Morgan fingerprint density at radius 3 is 3.19 bits per heavy atom. The Hall–Kier alpha value is -1.00. The topological polar surface area (TPSA) is 54.7 Å². The summed E-state index contributed by atoms with van der Waals surface area (Å²) in [6.07, 6.45) is 2.54. The van der Waals surface area contributed by atoms with E-state index in [1.807, 2.05) is 17.8 Å². The number of para-hydroxylation sites is 1. The number of fused-ring (bicyclic) bond motifs is 1. The lowest BCUT2D eigenvalue weighted by molar-refractivity contribution is 0.792. The molecule has 1 aliphatic rings. The first-order valence-electron chi connectivity index (χ1n) is 5.67. The zero-order chi connectivity index (χ0) is 11.0. The summed E-state index contributed by atoms with van der Waals surface area (Å²) in [6, 6.07) is 6.16. The van der Waals surface area contributed by atoms with Crippen LogP contribution in [0.4, 0.5) is 0 Å². The van der Waals surface area contributed by atoms with E-state index in [1.54, 1.807) is 0 Å². The molecule has 4 heteroatoms. The first kappa shape index (κ1) is 10.2. The van der Waals surface area contributed by atoms with Gasteiger partial charge in [0.1, 0.15) is 5.82 Å². The summed E-state index contributed by atoms with van der Waals surface area (Å²) in [5, 5.41) is 0.554. The Morgan fingerprint density at radius 1 is 1.50 bits per heavy atom. The van der Waals surface area contributed by atoms with E-state index in [2.05, 4.69) is 17.1 Å². The van der Waals surface area contributed by atoms with E-state index in [9.17, 15) is 0 Å². The molecule has 2 heterocycles. The van der Waals surface area contributed by atoms with Crippen molar-refractivity contribution < 1.29 is 0 Å². The molecule has 1 saturated heterocycles. The van der Waals surface area contributed by atoms with Gasteiger partial charge in [-0.3, -0.25) is 0 Å². The zero-order valence-corrected chi connectivity index (χ0v) is 9.89. The second-order valence-corrected chi connectivity index (χ2v) is 5.45. The molecule has 1 aromatic heterocycles. The van der Waals surface area contributed by atoms with E-state index < -0.39 is 0 Å². The van der Waals surface area contributed by atoms with Crippen molar-refractivity contribution in [1.82, 2.24) is 9.97 Å². The van der Waals surface area contributed by atoms with Crippen LogP contribution in [0, 0.1) is 0 Å². The molecule has 0 saturated carbocycles. The van der Waals surface area contributed by atoms with Crippen LogP contribution in [0.2, 0.25) is 0 Å². The Morgan fingerprint density at radius 2 is 2.44 bits per heavy atom. The molecule has 2 aromatic rings. The van der Waals surface area contributed by atoms with Crippen molar-refractivity contribution in [3.8, 4) is 0 Å². The van der Waals surface area contributed by atoms with Crippen molar-refractivity contribution in [2.45, 2.75) is 24.6 Å². The van der Waals surface area contributed by atoms with Crippen LogP contribution >= 0.6 is 11.8 Å². The maximum atomic E-state index is 5.72. The van der Waals surface area contributed by atoms with Crippen LogP contribution in [0.1, 0.15) is 29.5 Å². The lowest BCUT2D eigenvalue weighted by atomic mass is 10.2. The molecule has 1 fully saturated rings. The summed E-state index contributed by atoms with van der Waals surface area (Å²) < 4.78 is 0. The fraction of sp³-hybridized carbons (Fsp3) is 0.417. The number of thioether (sulfide) groups is 1. The third-order valence-corrected chi connectivity index (χ3v) is 4.45. The average Bonchev–Trinajstić information content (AvgIpc) is 2.96. The minimum absolute atomic E-state index is 0.554. The first-order chi connectivity index (χ1) is 7.88. The lowest BCUT2D eigenvalue weighted by Crippen LogP contribution is -1.97. The average molecular weight is 233 g/mol. The number of nitrogens with zero attached hydrogens (tertiary/aromatic N) is 1. The van der Waals surface area contributed by atoms with E-state index in [1.165, 1.54) is 18.6 Å². The Kier molecular flexibility index (Phi) is 2.61. The van der Waals surface area contributed by atoms with E-state index in [4.69, 9.17) is 10.7 Å². The maximum Gasteiger partial charge on any atom is 0.120 e. The number of hydrogen-bond acceptors (Lipinski definition) is 3. The highest BCUT2D eigenvalue weighted by Crippen LogP contribution is 2.39. The van der Waals surface area contributed by atoms with Gasteiger partial charge in [-0.05, 0) is 30.2 Å². The summed E-state index contributed by atoms with van der Waals surface area (Å²) in [6.45, 7) is 0.555. The summed E-state index contributed by atoms with van der Waals surface area (Å²) in [5.41, 5.74) is 9.01. The molecule has 0 bridgehead atoms. The summed E-state index contributed by atoms with van der Waals surface area (Å²) in [4.78, 5) is 8.13. The summed E-state index contributed by atoms with van der Waals surface area (Å²) in [7, 11) is 0. The van der Waals surface area contributed by atoms with Gasteiger partial charge in [-0.1, -0.05) is 12.1 Å². The molecule has 3 N–H and O–H groups in total. The fourth-order valence-corrected chi connectivity index (χ4v) is 3.44. The number of imidazole rings is 1. The van der Waals surface area contributed by atoms with E-state index >= 15 is 0 Å². The van der Waals surface area contributed by atoms with Gasteiger partial charge in [0, 0.05) is 6.54 Å². The predicted octanol–water partition coefficient (Wildman–Crippen LogP) is 2.59. The summed E-state index contributed by atoms with van der Waals surface area (Å²) in [5.74, 6) is 2.38. The normalized spacial score (nSPS) is 20.7. The minimum Gasteiger partial charge on any atom is -0.341 e. The highest BCUT2D eigenvalue weighted by atomic mass is 32.2. The molecule has 1 aliphatic heterocycles. The zero-order valence-electron chi connectivity index (χ0n) is 9.07. The molecule has 3 rings (SSSR count). The molecule has 1 aromatic carbocycles. The molecule has 0 amide bonds. The fourth-order valence-electron chi connectivity index (χ4n) is 2.22. The van der Waals surface area contributed by atoms with Gasteiger partial charge in [0.15, 0.2) is 0 Å². The van der Waals surface area contributed by atoms with E-state index in [0.717, 1.165) is 22.4 Å². The number of nitrogens with one attached hydrogen (secondary N) is 1. The van der Waals surface area contributed by atoms with Crippen LogP contribution in [0.15, 0.2) is 18.2 Å². The molecule has 3 nitrogen and oxygen atoms in total. The Labute approximate surface area is 98.8 Å². The first-order valence-corrected chi connectivity index (χ1v) is 6.72. The number of H-pyrrole nitrogens is 1. The maximum absolute atomic E-state index is 5.72. The molecular formula is C12H15N3S. The monoisotopic (exact) mass is 233 g/mol. The smallest absolute Gasteiger partial charge is 0.120 e. The van der Waals surface area contributed by atoms with Crippen molar-refractivity contribution in [2.24, 2.45) is 5.73 Å². The highest BCUT2D eigenvalue weighted by Gasteiger charge is 2.21. The van der Waals surface area contributed by atoms with E-state index in [0.29, 0.717) is 11.8 Å². The van der Waals surface area contributed by atoms with Crippen molar-refractivity contribution in [2.75, 3.05) is 5.75 Å². The molecule has 1 unspecified atom stereocenters. The van der Waals surface area contributed by atoms with Crippen LogP contribution in [-0.2, 0) is 6.54 Å². The van der Waals surface area contributed by atoms with Crippen LogP contribution < -0.4 is 5.73 Å². The molecule has 0 aliphatic carbocycles. The SMILES string of the molecule is NCc1cccc2[nH]c(C3CCCS3)nc12.